The van der Waals surface area contributed by atoms with Gasteiger partial charge in [0.05, 0.1) is 13.2 Å². The van der Waals surface area contributed by atoms with Crippen molar-refractivity contribution in [3.8, 4) is 0 Å². The van der Waals surface area contributed by atoms with Crippen molar-refractivity contribution in [2.45, 2.75) is 26.7 Å². The Morgan fingerprint density at radius 3 is 1.38 bits per heavy atom. The van der Waals surface area contributed by atoms with Crippen LogP contribution in [-0.4, -0.2) is 13.2 Å². The average molecular weight is 118 g/mol. The molecule has 0 unspecified atom stereocenters. The van der Waals surface area contributed by atoms with Gasteiger partial charge in [-0.15, -0.1) is 0 Å². The zero-order valence-corrected chi connectivity index (χ0v) is 5.64. The maximum absolute atomic E-state index is 4.57. The molecule has 0 saturated carbocycles. The van der Waals surface area contributed by atoms with Crippen LogP contribution < -0.4 is 0 Å². The first-order chi connectivity index (χ1) is 4.00. The van der Waals surface area contributed by atoms with Crippen LogP contribution >= 0.6 is 0 Å². The van der Waals surface area contributed by atoms with Gasteiger partial charge in [-0.1, -0.05) is 13.8 Å². The molecule has 0 aromatic rings. The molecule has 1 aliphatic heterocycles. The Kier molecular flexibility index (Phi) is 6.85. The van der Waals surface area contributed by atoms with Gasteiger partial charge in [0.1, 0.15) is 0 Å². The molecule has 1 saturated heterocycles. The third-order valence-electron chi connectivity index (χ3n) is 0.789. The summed E-state index contributed by atoms with van der Waals surface area (Å²) in [5, 5.41) is 0. The topological polar surface area (TPSA) is 18.5 Å². The van der Waals surface area contributed by atoms with Crippen LogP contribution in [0.25, 0.3) is 0 Å². The van der Waals surface area contributed by atoms with Gasteiger partial charge in [-0.3, -0.25) is 0 Å². The summed E-state index contributed by atoms with van der Waals surface area (Å²) in [4.78, 5) is 9.14. The first-order valence-corrected chi connectivity index (χ1v) is 3.24. The predicted octanol–water partition coefficient (Wildman–Crippen LogP) is 1.75. The second-order valence-corrected chi connectivity index (χ2v) is 1.35. The lowest BCUT2D eigenvalue weighted by atomic mass is 10.3. The molecule has 0 aliphatic carbocycles. The van der Waals surface area contributed by atoms with Gasteiger partial charge in [-0.05, 0) is 12.8 Å². The molecule has 2 heteroatoms. The highest BCUT2D eigenvalue weighted by molar-refractivity contribution is 4.36. The minimum Gasteiger partial charge on any atom is -0.237 e. The fourth-order valence-corrected chi connectivity index (χ4v) is 0.440. The van der Waals surface area contributed by atoms with Gasteiger partial charge >= 0.3 is 0 Å². The van der Waals surface area contributed by atoms with Gasteiger partial charge in [-0.2, -0.15) is 0 Å². The molecule has 0 amide bonds. The second kappa shape index (κ2) is 6.92. The minimum atomic E-state index is 0.778. The first-order valence-electron chi connectivity index (χ1n) is 3.24. The van der Waals surface area contributed by atoms with Crippen LogP contribution in [0.3, 0.4) is 0 Å². The zero-order chi connectivity index (χ0) is 6.24. The fraction of sp³-hybridized carbons (Fsp3) is 1.00. The summed E-state index contributed by atoms with van der Waals surface area (Å²) in [6.07, 6.45) is 2.31. The van der Waals surface area contributed by atoms with Gasteiger partial charge in [0, 0.05) is 0 Å². The van der Waals surface area contributed by atoms with Crippen molar-refractivity contribution in [3.05, 3.63) is 0 Å². The molecular weight excluding hydrogens is 104 g/mol. The lowest BCUT2D eigenvalue weighted by Crippen LogP contribution is -2.05. The van der Waals surface area contributed by atoms with Crippen LogP contribution in [-0.2, 0) is 9.78 Å². The van der Waals surface area contributed by atoms with E-state index in [-0.39, 0.29) is 0 Å². The molecule has 0 N–H and O–H groups in total. The highest BCUT2D eigenvalue weighted by Gasteiger charge is 1.95. The Balaban J connectivity index is 0.000000222. The third-order valence-corrected chi connectivity index (χ3v) is 0.789. The molecule has 8 heavy (non-hydrogen) atoms. The zero-order valence-electron chi connectivity index (χ0n) is 5.64. The number of hydrogen-bond acceptors (Lipinski definition) is 2. The van der Waals surface area contributed by atoms with E-state index in [9.17, 15) is 0 Å². The van der Waals surface area contributed by atoms with E-state index >= 15 is 0 Å². The van der Waals surface area contributed by atoms with E-state index in [4.69, 9.17) is 0 Å². The highest BCUT2D eigenvalue weighted by atomic mass is 17.2. The summed E-state index contributed by atoms with van der Waals surface area (Å²) in [5.41, 5.74) is 0. The largest absolute Gasteiger partial charge is 0.237 e. The molecule has 1 heterocycles. The molecule has 0 aromatic carbocycles. The minimum absolute atomic E-state index is 0.778. The molecular formula is C6H14O2. The molecule has 50 valence electrons. The molecule has 1 rings (SSSR count). The van der Waals surface area contributed by atoms with Crippen molar-refractivity contribution >= 4 is 0 Å². The van der Waals surface area contributed by atoms with Crippen LogP contribution in [0.1, 0.15) is 26.7 Å². The Hall–Kier alpha value is -0.0800. The molecule has 0 atom stereocenters. The van der Waals surface area contributed by atoms with Gasteiger partial charge in [0.25, 0.3) is 0 Å². The Labute approximate surface area is 50.7 Å². The van der Waals surface area contributed by atoms with E-state index in [0.29, 0.717) is 0 Å². The summed E-state index contributed by atoms with van der Waals surface area (Å²) in [5.74, 6) is 0. The van der Waals surface area contributed by atoms with Crippen LogP contribution in [0.15, 0.2) is 0 Å². The lowest BCUT2D eigenvalue weighted by molar-refractivity contribution is -0.312. The predicted molar refractivity (Wildman–Crippen MR) is 32.5 cm³/mol. The van der Waals surface area contributed by atoms with E-state index in [1.54, 1.807) is 0 Å². The summed E-state index contributed by atoms with van der Waals surface area (Å²) >= 11 is 0. The quantitative estimate of drug-likeness (QED) is 0.451. The smallest absolute Gasteiger partial charge is 0.0823 e. The van der Waals surface area contributed by atoms with E-state index in [1.165, 1.54) is 0 Å². The summed E-state index contributed by atoms with van der Waals surface area (Å²) in [6, 6.07) is 0. The Morgan fingerprint density at radius 2 is 1.25 bits per heavy atom. The van der Waals surface area contributed by atoms with Gasteiger partial charge in [0.2, 0.25) is 0 Å². The van der Waals surface area contributed by atoms with E-state index in [2.05, 4.69) is 9.78 Å². The molecule has 1 fully saturated rings. The molecule has 2 nitrogen and oxygen atoms in total. The Morgan fingerprint density at radius 1 is 0.875 bits per heavy atom. The van der Waals surface area contributed by atoms with Gasteiger partial charge in [-0.25, -0.2) is 9.78 Å². The van der Waals surface area contributed by atoms with Gasteiger partial charge in [0.15, 0.2) is 0 Å². The van der Waals surface area contributed by atoms with E-state index in [1.807, 2.05) is 13.8 Å². The summed E-state index contributed by atoms with van der Waals surface area (Å²) < 4.78 is 0. The van der Waals surface area contributed by atoms with Crippen LogP contribution in [0.5, 0.6) is 0 Å². The molecule has 0 aromatic heterocycles. The maximum atomic E-state index is 4.57. The summed E-state index contributed by atoms with van der Waals surface area (Å²) in [7, 11) is 0. The monoisotopic (exact) mass is 118 g/mol. The maximum Gasteiger partial charge on any atom is 0.0823 e. The summed E-state index contributed by atoms with van der Waals surface area (Å²) in [6.45, 7) is 5.56. The van der Waals surface area contributed by atoms with Crippen LogP contribution in [0.4, 0.5) is 0 Å². The van der Waals surface area contributed by atoms with Crippen molar-refractivity contribution in [1.29, 1.82) is 0 Å². The van der Waals surface area contributed by atoms with Crippen LogP contribution in [0.2, 0.25) is 0 Å². The molecule has 0 radical (unpaired) electrons. The number of hydrogen-bond donors (Lipinski definition) is 0. The lowest BCUT2D eigenvalue weighted by Gasteiger charge is -2.07. The van der Waals surface area contributed by atoms with E-state index < -0.39 is 0 Å². The first kappa shape index (κ1) is 7.92. The SMILES string of the molecule is C1CCOOC1.CC. The average Bonchev–Trinajstić information content (AvgIpc) is 1.96. The van der Waals surface area contributed by atoms with Gasteiger partial charge < -0.3 is 0 Å². The highest BCUT2D eigenvalue weighted by Crippen LogP contribution is 1.97. The van der Waals surface area contributed by atoms with Crippen molar-refractivity contribution in [2.75, 3.05) is 13.2 Å². The van der Waals surface area contributed by atoms with Crippen molar-refractivity contribution in [2.24, 2.45) is 0 Å². The van der Waals surface area contributed by atoms with Crippen molar-refractivity contribution < 1.29 is 9.78 Å². The normalized spacial score (nSPS) is 18.8. The third kappa shape index (κ3) is 4.09. The second-order valence-electron chi connectivity index (χ2n) is 1.35. The van der Waals surface area contributed by atoms with Crippen LogP contribution in [0, 0.1) is 0 Å². The number of rotatable bonds is 0. The molecule has 1 aliphatic rings. The Bertz CT molecular complexity index is 22.0. The van der Waals surface area contributed by atoms with E-state index in [0.717, 1.165) is 26.1 Å². The van der Waals surface area contributed by atoms with Crippen molar-refractivity contribution in [1.82, 2.24) is 0 Å². The molecule has 0 bridgehead atoms. The van der Waals surface area contributed by atoms with Crippen molar-refractivity contribution in [3.63, 3.8) is 0 Å². The standard InChI is InChI=1S/C4H8O2.C2H6/c1-2-4-6-5-3-1;1-2/h1-4H2;1-2H3. The fourth-order valence-electron chi connectivity index (χ4n) is 0.440. The molecule has 0 spiro atoms.